The maximum atomic E-state index is 14.0. The summed E-state index contributed by atoms with van der Waals surface area (Å²) in [5.74, 6) is -0.0604. The zero-order valence-corrected chi connectivity index (χ0v) is 12.3. The number of hydrogen-bond donors (Lipinski definition) is 0. The molecule has 0 atom stereocenters. The molecule has 1 aliphatic carbocycles. The van der Waals surface area contributed by atoms with Gasteiger partial charge in [-0.05, 0) is 37.8 Å². The van der Waals surface area contributed by atoms with Gasteiger partial charge in [0.15, 0.2) is 0 Å². The van der Waals surface area contributed by atoms with Gasteiger partial charge in [0.2, 0.25) is 0 Å². The van der Waals surface area contributed by atoms with Crippen LogP contribution in [0.15, 0.2) is 18.2 Å². The summed E-state index contributed by atoms with van der Waals surface area (Å²) < 4.78 is 19.1. The second-order valence-electron chi connectivity index (χ2n) is 4.94. The third kappa shape index (κ3) is 3.06. The molecule has 110 valence electrons. The van der Waals surface area contributed by atoms with Crippen molar-refractivity contribution < 1.29 is 13.9 Å². The van der Waals surface area contributed by atoms with E-state index in [1.54, 1.807) is 11.0 Å². The number of nitrogens with zero attached hydrogens (tertiary/aromatic N) is 1. The zero-order chi connectivity index (χ0) is 14.5. The number of methoxy groups -OCH3 is 1. The Labute approximate surface area is 123 Å². The fraction of sp³-hybridized carbons (Fsp3) is 0.533. The molecule has 0 aliphatic heterocycles. The first kappa shape index (κ1) is 15.1. The maximum absolute atomic E-state index is 14.0. The smallest absolute Gasteiger partial charge is 0.260 e. The SMILES string of the molecule is COc1cccc(F)c1C(=O)N(CCCCl)C1CCC1. The lowest BCUT2D eigenvalue weighted by Gasteiger charge is -2.37. The Morgan fingerprint density at radius 1 is 1.50 bits per heavy atom. The molecule has 0 radical (unpaired) electrons. The molecule has 0 bridgehead atoms. The van der Waals surface area contributed by atoms with Gasteiger partial charge in [0.1, 0.15) is 17.1 Å². The summed E-state index contributed by atoms with van der Waals surface area (Å²) in [5.41, 5.74) is 0.0245. The number of carbonyl (C=O) groups is 1. The van der Waals surface area contributed by atoms with Crippen LogP contribution in [0.4, 0.5) is 4.39 Å². The summed E-state index contributed by atoms with van der Waals surface area (Å²) in [4.78, 5) is 14.4. The van der Waals surface area contributed by atoms with E-state index in [1.165, 1.54) is 19.2 Å². The summed E-state index contributed by atoms with van der Waals surface area (Å²) in [6, 6.07) is 4.64. The predicted octanol–water partition coefficient (Wildman–Crippen LogP) is 3.46. The Hall–Kier alpha value is -1.29. The summed E-state index contributed by atoms with van der Waals surface area (Å²) in [6.07, 6.45) is 3.78. The van der Waals surface area contributed by atoms with Crippen molar-refractivity contribution in [2.75, 3.05) is 19.5 Å². The summed E-state index contributed by atoms with van der Waals surface area (Å²) >= 11 is 5.72. The fourth-order valence-corrected chi connectivity index (χ4v) is 2.52. The average Bonchev–Trinajstić information content (AvgIpc) is 2.40. The van der Waals surface area contributed by atoms with Crippen LogP contribution in [0.25, 0.3) is 0 Å². The van der Waals surface area contributed by atoms with Gasteiger partial charge in [-0.1, -0.05) is 6.07 Å². The van der Waals surface area contributed by atoms with Crippen molar-refractivity contribution in [1.82, 2.24) is 4.90 Å². The van der Waals surface area contributed by atoms with E-state index in [1.807, 2.05) is 0 Å². The van der Waals surface area contributed by atoms with Crippen molar-refractivity contribution in [2.45, 2.75) is 31.7 Å². The molecule has 1 saturated carbocycles. The summed E-state index contributed by atoms with van der Waals surface area (Å²) in [7, 11) is 1.44. The van der Waals surface area contributed by atoms with Crippen molar-refractivity contribution in [1.29, 1.82) is 0 Å². The first-order valence-corrected chi connectivity index (χ1v) is 7.42. The van der Waals surface area contributed by atoms with Gasteiger partial charge < -0.3 is 9.64 Å². The van der Waals surface area contributed by atoms with E-state index >= 15 is 0 Å². The lowest BCUT2D eigenvalue weighted by Crippen LogP contribution is -2.45. The zero-order valence-electron chi connectivity index (χ0n) is 11.6. The highest BCUT2D eigenvalue weighted by Gasteiger charge is 2.31. The van der Waals surface area contributed by atoms with Gasteiger partial charge >= 0.3 is 0 Å². The molecule has 2 rings (SSSR count). The van der Waals surface area contributed by atoms with Gasteiger partial charge in [0, 0.05) is 18.5 Å². The van der Waals surface area contributed by atoms with Crippen molar-refractivity contribution in [3.05, 3.63) is 29.6 Å². The topological polar surface area (TPSA) is 29.5 Å². The van der Waals surface area contributed by atoms with Crippen LogP contribution in [0, 0.1) is 5.82 Å². The monoisotopic (exact) mass is 299 g/mol. The van der Waals surface area contributed by atoms with Crippen LogP contribution < -0.4 is 4.74 Å². The van der Waals surface area contributed by atoms with Gasteiger partial charge in [-0.2, -0.15) is 0 Å². The minimum absolute atomic E-state index is 0.0245. The van der Waals surface area contributed by atoms with Gasteiger partial charge in [-0.25, -0.2) is 4.39 Å². The molecular weight excluding hydrogens is 281 g/mol. The number of rotatable bonds is 6. The molecule has 1 amide bonds. The van der Waals surface area contributed by atoms with Crippen LogP contribution >= 0.6 is 11.6 Å². The summed E-state index contributed by atoms with van der Waals surface area (Å²) in [5, 5.41) is 0. The first-order chi connectivity index (χ1) is 9.69. The normalized spacial score (nSPS) is 14.8. The standard InChI is InChI=1S/C15H19ClFNO2/c1-20-13-8-3-7-12(17)14(13)15(19)18(10-4-9-16)11-5-2-6-11/h3,7-8,11H,2,4-6,9-10H2,1H3. The first-order valence-electron chi connectivity index (χ1n) is 6.88. The van der Waals surface area contributed by atoms with E-state index in [9.17, 15) is 9.18 Å². The van der Waals surface area contributed by atoms with Crippen LogP contribution in [0.5, 0.6) is 5.75 Å². The molecule has 20 heavy (non-hydrogen) atoms. The maximum Gasteiger partial charge on any atom is 0.260 e. The highest BCUT2D eigenvalue weighted by atomic mass is 35.5. The van der Waals surface area contributed by atoms with E-state index in [0.29, 0.717) is 18.8 Å². The predicted molar refractivity (Wildman–Crippen MR) is 77.0 cm³/mol. The van der Waals surface area contributed by atoms with Gasteiger partial charge in [-0.3, -0.25) is 4.79 Å². The van der Waals surface area contributed by atoms with E-state index in [2.05, 4.69) is 0 Å². The van der Waals surface area contributed by atoms with Crippen molar-refractivity contribution >= 4 is 17.5 Å². The quantitative estimate of drug-likeness (QED) is 0.753. The lowest BCUT2D eigenvalue weighted by molar-refractivity contribution is 0.0572. The minimum Gasteiger partial charge on any atom is -0.496 e. The second-order valence-corrected chi connectivity index (χ2v) is 5.32. The summed E-state index contributed by atoms with van der Waals surface area (Å²) in [6.45, 7) is 0.560. The molecule has 3 nitrogen and oxygen atoms in total. The Bertz CT molecular complexity index is 477. The van der Waals surface area contributed by atoms with E-state index in [4.69, 9.17) is 16.3 Å². The number of halogens is 2. The van der Waals surface area contributed by atoms with Crippen molar-refractivity contribution in [3.8, 4) is 5.75 Å². The van der Waals surface area contributed by atoms with Crippen LogP contribution in [-0.4, -0.2) is 36.4 Å². The largest absolute Gasteiger partial charge is 0.496 e. The van der Waals surface area contributed by atoms with Gasteiger partial charge in [-0.15, -0.1) is 11.6 Å². The molecule has 0 N–H and O–H groups in total. The van der Waals surface area contributed by atoms with Gasteiger partial charge in [0.25, 0.3) is 5.91 Å². The highest BCUT2D eigenvalue weighted by Crippen LogP contribution is 2.29. The van der Waals surface area contributed by atoms with Crippen LogP contribution in [0.1, 0.15) is 36.0 Å². The van der Waals surface area contributed by atoms with Gasteiger partial charge in [0.05, 0.1) is 7.11 Å². The molecule has 0 spiro atoms. The Balaban J connectivity index is 2.26. The molecular formula is C15H19ClFNO2. The van der Waals surface area contributed by atoms with Crippen LogP contribution in [0.3, 0.4) is 0 Å². The van der Waals surface area contributed by atoms with E-state index in [-0.39, 0.29) is 23.3 Å². The molecule has 1 aromatic rings. The number of carbonyl (C=O) groups excluding carboxylic acids is 1. The molecule has 1 aliphatic rings. The van der Waals surface area contributed by atoms with Crippen LogP contribution in [-0.2, 0) is 0 Å². The Morgan fingerprint density at radius 3 is 2.80 bits per heavy atom. The molecule has 5 heteroatoms. The van der Waals surface area contributed by atoms with Crippen molar-refractivity contribution in [2.24, 2.45) is 0 Å². The molecule has 0 saturated heterocycles. The average molecular weight is 300 g/mol. The minimum atomic E-state index is -0.537. The highest BCUT2D eigenvalue weighted by molar-refractivity contribution is 6.17. The molecule has 1 aromatic carbocycles. The molecule has 0 aromatic heterocycles. The third-order valence-corrected chi connectivity index (χ3v) is 3.99. The van der Waals surface area contributed by atoms with E-state index < -0.39 is 5.82 Å². The second kappa shape index (κ2) is 6.93. The molecule has 1 fully saturated rings. The third-order valence-electron chi connectivity index (χ3n) is 3.72. The number of alkyl halides is 1. The number of ether oxygens (including phenoxy) is 1. The lowest BCUT2D eigenvalue weighted by atomic mass is 9.90. The number of amides is 1. The molecule has 0 unspecified atom stereocenters. The molecule has 0 heterocycles. The van der Waals surface area contributed by atoms with Crippen LogP contribution in [0.2, 0.25) is 0 Å². The van der Waals surface area contributed by atoms with E-state index in [0.717, 1.165) is 19.3 Å². The Kier molecular flexibility index (Phi) is 5.24. The Morgan fingerprint density at radius 2 is 2.25 bits per heavy atom. The van der Waals surface area contributed by atoms with Crippen molar-refractivity contribution in [3.63, 3.8) is 0 Å². The number of hydrogen-bond acceptors (Lipinski definition) is 2. The number of benzene rings is 1. The fourth-order valence-electron chi connectivity index (χ4n) is 2.40.